The van der Waals surface area contributed by atoms with Crippen LogP contribution in [-0.4, -0.2) is 11.1 Å². The van der Waals surface area contributed by atoms with Crippen molar-refractivity contribution in [3.8, 4) is 0 Å². The highest BCUT2D eigenvalue weighted by atomic mass is 79.9. The molecule has 1 nitrogen and oxygen atoms in total. The molecule has 0 aliphatic heterocycles. The number of rotatable bonds is 2. The fraction of sp³-hybridized carbons (Fsp3) is 0.286. The number of halogens is 1. The first-order valence-corrected chi connectivity index (χ1v) is 5.18. The molecule has 1 aromatic rings. The Morgan fingerprint density at radius 1 is 1.70 bits per heavy atom. The molecule has 0 N–H and O–H groups in total. The maximum Gasteiger partial charge on any atom is 0.0353 e. The Labute approximate surface area is 71.2 Å². The van der Waals surface area contributed by atoms with Crippen molar-refractivity contribution in [1.82, 2.24) is 4.98 Å². The molecule has 0 spiro atoms. The normalized spacial score (nSPS) is 11.0. The van der Waals surface area contributed by atoms with E-state index in [1.165, 1.54) is 15.9 Å². The highest BCUT2D eigenvalue weighted by Crippen LogP contribution is 2.15. The molecule has 1 heterocycles. The molecule has 0 aliphatic rings. The number of hydrogen-bond acceptors (Lipinski definition) is 1. The second-order valence-corrected chi connectivity index (χ2v) is 4.34. The van der Waals surface area contributed by atoms with E-state index in [1.807, 2.05) is 12.3 Å². The lowest BCUT2D eigenvalue weighted by molar-refractivity contribution is 1.34. The Kier molecular flexibility index (Phi) is 3.30. The molecule has 1 unspecified atom stereocenters. The lowest BCUT2D eigenvalue weighted by Crippen LogP contribution is -1.97. The average molecular weight is 218 g/mol. The van der Waals surface area contributed by atoms with Crippen molar-refractivity contribution in [3.63, 3.8) is 0 Å². The minimum Gasteiger partial charge on any atom is -0.264 e. The van der Waals surface area contributed by atoms with Crippen molar-refractivity contribution in [3.05, 3.63) is 22.9 Å². The maximum absolute atomic E-state index is 4.04. The van der Waals surface area contributed by atoms with Gasteiger partial charge < -0.3 is 0 Å². The summed E-state index contributed by atoms with van der Waals surface area (Å²) in [6.45, 7) is 2.18. The second kappa shape index (κ2) is 4.05. The van der Waals surface area contributed by atoms with Crippen LogP contribution in [0.25, 0.3) is 0 Å². The first-order chi connectivity index (χ1) is 4.84. The zero-order valence-corrected chi connectivity index (χ0v) is 8.35. The SMILES string of the molecule is CCPc1cnccc1Br. The predicted octanol–water partition coefficient (Wildman–Crippen LogP) is 2.17. The standard InChI is InChI=1S/C7H9BrNP/c1-2-10-7-5-9-4-3-6(7)8/h3-5,10H,2H2,1H3. The topological polar surface area (TPSA) is 12.9 Å². The summed E-state index contributed by atoms with van der Waals surface area (Å²) in [5, 5.41) is 1.32. The molecule has 10 heavy (non-hydrogen) atoms. The van der Waals surface area contributed by atoms with Crippen molar-refractivity contribution in [2.75, 3.05) is 6.16 Å². The molecule has 1 rings (SSSR count). The molecule has 0 aliphatic carbocycles. The monoisotopic (exact) mass is 217 g/mol. The summed E-state index contributed by atoms with van der Waals surface area (Å²) in [6, 6.07) is 1.98. The van der Waals surface area contributed by atoms with Crippen LogP contribution in [0.15, 0.2) is 22.9 Å². The van der Waals surface area contributed by atoms with E-state index in [9.17, 15) is 0 Å². The summed E-state index contributed by atoms with van der Waals surface area (Å²) in [5.74, 6) is 0. The predicted molar refractivity (Wildman–Crippen MR) is 50.4 cm³/mol. The summed E-state index contributed by atoms with van der Waals surface area (Å²) in [7, 11) is 0.877. The highest BCUT2D eigenvalue weighted by molar-refractivity contribution is 9.10. The average Bonchev–Trinajstić information content (AvgIpc) is 1.94. The van der Waals surface area contributed by atoms with Gasteiger partial charge in [0.25, 0.3) is 0 Å². The van der Waals surface area contributed by atoms with Crippen molar-refractivity contribution < 1.29 is 0 Å². The number of nitrogens with zero attached hydrogens (tertiary/aromatic N) is 1. The van der Waals surface area contributed by atoms with Crippen LogP contribution in [-0.2, 0) is 0 Å². The van der Waals surface area contributed by atoms with Crippen LogP contribution in [0.5, 0.6) is 0 Å². The summed E-state index contributed by atoms with van der Waals surface area (Å²) in [4.78, 5) is 4.04. The highest BCUT2D eigenvalue weighted by Gasteiger charge is 1.94. The lowest BCUT2D eigenvalue weighted by Gasteiger charge is -1.98. The van der Waals surface area contributed by atoms with E-state index in [0.717, 1.165) is 8.58 Å². The molecular weight excluding hydrogens is 209 g/mol. The van der Waals surface area contributed by atoms with E-state index in [4.69, 9.17) is 0 Å². The van der Waals surface area contributed by atoms with Gasteiger partial charge in [-0.15, -0.1) is 0 Å². The summed E-state index contributed by atoms with van der Waals surface area (Å²) in [5.41, 5.74) is 0. The fourth-order valence-electron chi connectivity index (χ4n) is 0.698. The minimum absolute atomic E-state index is 0.877. The molecule has 0 amide bonds. The van der Waals surface area contributed by atoms with Gasteiger partial charge in [0.15, 0.2) is 0 Å². The molecule has 0 radical (unpaired) electrons. The molecule has 3 heteroatoms. The quantitative estimate of drug-likeness (QED) is 0.693. The molecule has 0 saturated heterocycles. The molecule has 0 fully saturated rings. The third-order valence-electron chi connectivity index (χ3n) is 1.14. The van der Waals surface area contributed by atoms with E-state index in [-0.39, 0.29) is 0 Å². The van der Waals surface area contributed by atoms with Gasteiger partial charge in [0.05, 0.1) is 0 Å². The van der Waals surface area contributed by atoms with Crippen LogP contribution in [0.3, 0.4) is 0 Å². The van der Waals surface area contributed by atoms with Gasteiger partial charge in [-0.3, -0.25) is 4.98 Å². The Bertz CT molecular complexity index is 215. The molecule has 0 saturated carbocycles. The number of aromatic nitrogens is 1. The Balaban J connectivity index is 2.81. The molecule has 1 aromatic heterocycles. The maximum atomic E-state index is 4.04. The number of pyridine rings is 1. The van der Waals surface area contributed by atoms with Gasteiger partial charge in [-0.2, -0.15) is 0 Å². The molecule has 1 atom stereocenters. The van der Waals surface area contributed by atoms with Gasteiger partial charge in [-0.1, -0.05) is 31.4 Å². The molecule has 0 aromatic carbocycles. The second-order valence-electron chi connectivity index (χ2n) is 1.89. The Morgan fingerprint density at radius 3 is 3.10 bits per heavy atom. The summed E-state index contributed by atoms with van der Waals surface area (Å²) >= 11 is 3.46. The van der Waals surface area contributed by atoms with Gasteiger partial charge in [-0.25, -0.2) is 0 Å². The minimum atomic E-state index is 0.877. The Morgan fingerprint density at radius 2 is 2.50 bits per heavy atom. The van der Waals surface area contributed by atoms with Crippen LogP contribution < -0.4 is 5.30 Å². The van der Waals surface area contributed by atoms with E-state index in [2.05, 4.69) is 27.8 Å². The van der Waals surface area contributed by atoms with Crippen LogP contribution in [0, 0.1) is 0 Å². The summed E-state index contributed by atoms with van der Waals surface area (Å²) < 4.78 is 1.18. The van der Waals surface area contributed by atoms with Crippen molar-refractivity contribution >= 4 is 29.8 Å². The first-order valence-electron chi connectivity index (χ1n) is 3.18. The van der Waals surface area contributed by atoms with Crippen molar-refractivity contribution in [1.29, 1.82) is 0 Å². The van der Waals surface area contributed by atoms with Crippen LogP contribution in [0.1, 0.15) is 6.92 Å². The van der Waals surface area contributed by atoms with Gasteiger partial charge in [0.1, 0.15) is 0 Å². The van der Waals surface area contributed by atoms with Crippen molar-refractivity contribution in [2.45, 2.75) is 6.92 Å². The molecule has 0 bridgehead atoms. The third kappa shape index (κ3) is 2.03. The van der Waals surface area contributed by atoms with Gasteiger partial charge in [0.2, 0.25) is 0 Å². The smallest absolute Gasteiger partial charge is 0.0353 e. The summed E-state index contributed by atoms with van der Waals surface area (Å²) in [6.07, 6.45) is 4.92. The van der Waals surface area contributed by atoms with E-state index < -0.39 is 0 Å². The van der Waals surface area contributed by atoms with E-state index in [1.54, 1.807) is 6.20 Å². The zero-order valence-electron chi connectivity index (χ0n) is 5.76. The number of hydrogen-bond donors (Lipinski definition) is 0. The molecular formula is C7H9BrNP. The third-order valence-corrected chi connectivity index (χ3v) is 3.33. The first kappa shape index (κ1) is 8.16. The van der Waals surface area contributed by atoms with Gasteiger partial charge in [-0.05, 0) is 12.2 Å². The van der Waals surface area contributed by atoms with Crippen LogP contribution in [0.2, 0.25) is 0 Å². The zero-order chi connectivity index (χ0) is 7.40. The largest absolute Gasteiger partial charge is 0.264 e. The van der Waals surface area contributed by atoms with Gasteiger partial charge in [0, 0.05) is 22.2 Å². The van der Waals surface area contributed by atoms with Crippen LogP contribution >= 0.6 is 24.5 Å². The fourth-order valence-corrected chi connectivity index (χ4v) is 2.14. The van der Waals surface area contributed by atoms with E-state index in [0.29, 0.717) is 0 Å². The van der Waals surface area contributed by atoms with Crippen LogP contribution in [0.4, 0.5) is 0 Å². The van der Waals surface area contributed by atoms with E-state index >= 15 is 0 Å². The van der Waals surface area contributed by atoms with Gasteiger partial charge >= 0.3 is 0 Å². The molecule has 54 valence electrons. The lowest BCUT2D eigenvalue weighted by atomic mass is 10.5. The Hall–Kier alpha value is 0.0600. The van der Waals surface area contributed by atoms with Crippen molar-refractivity contribution in [2.24, 2.45) is 0 Å².